The maximum atomic E-state index is 12.6. The number of nitrogens with zero attached hydrogens (tertiary/aromatic N) is 1. The number of rotatable bonds is 6. The third-order valence-corrected chi connectivity index (χ3v) is 6.85. The second-order valence-corrected chi connectivity index (χ2v) is 10.2. The Hall–Kier alpha value is -2.64. The van der Waals surface area contributed by atoms with E-state index in [4.69, 9.17) is 10.5 Å². The van der Waals surface area contributed by atoms with E-state index in [-0.39, 0.29) is 22.6 Å². The topological polar surface area (TPSA) is 91.4 Å². The molecular formula is C24H30N2O4S. The molecular weight excluding hydrogens is 412 g/mol. The van der Waals surface area contributed by atoms with Crippen LogP contribution in [-0.4, -0.2) is 31.4 Å². The van der Waals surface area contributed by atoms with Crippen LogP contribution in [0, 0.1) is 6.92 Å². The van der Waals surface area contributed by atoms with Crippen molar-refractivity contribution in [1.29, 1.82) is 0 Å². The highest BCUT2D eigenvalue weighted by molar-refractivity contribution is 7.90. The minimum Gasteiger partial charge on any atom is -0.490 e. The number of hydrogen-bond acceptors (Lipinski definition) is 5. The Kier molecular flexibility index (Phi) is 6.86. The van der Waals surface area contributed by atoms with E-state index in [1.807, 2.05) is 6.08 Å². The summed E-state index contributed by atoms with van der Waals surface area (Å²) < 4.78 is 32.4. The first-order chi connectivity index (χ1) is 14.6. The molecule has 0 bridgehead atoms. The average molecular weight is 443 g/mol. The molecule has 0 atom stereocenters. The molecule has 0 radical (unpaired) electrons. The minimum atomic E-state index is -3.42. The highest BCUT2D eigenvalue weighted by atomic mass is 32.2. The van der Waals surface area contributed by atoms with Crippen LogP contribution in [0.1, 0.15) is 36.8 Å². The summed E-state index contributed by atoms with van der Waals surface area (Å²) in [4.78, 5) is 12.8. The molecule has 1 aliphatic carbocycles. The summed E-state index contributed by atoms with van der Waals surface area (Å²) in [5.74, 6) is 0.596. The average Bonchev–Trinajstić information content (AvgIpc) is 2.72. The Balaban J connectivity index is 2.21. The highest BCUT2D eigenvalue weighted by Crippen LogP contribution is 2.37. The van der Waals surface area contributed by atoms with Crippen LogP contribution in [0.25, 0.3) is 17.2 Å². The maximum absolute atomic E-state index is 12.6. The Morgan fingerprint density at radius 1 is 1.19 bits per heavy atom. The number of benzene rings is 1. The van der Waals surface area contributed by atoms with Crippen molar-refractivity contribution in [2.45, 2.75) is 49.6 Å². The molecule has 31 heavy (non-hydrogen) atoms. The first-order valence-corrected chi connectivity index (χ1v) is 12.3. The van der Waals surface area contributed by atoms with Crippen LogP contribution in [0.5, 0.6) is 5.75 Å². The molecule has 2 N–H and O–H groups in total. The normalized spacial score (nSPS) is 19.5. The van der Waals surface area contributed by atoms with Crippen molar-refractivity contribution in [1.82, 2.24) is 4.57 Å². The number of nitrogens with two attached hydrogens (primary N) is 1. The number of hydrogen-bond donors (Lipinski definition) is 1. The summed E-state index contributed by atoms with van der Waals surface area (Å²) in [6.45, 7) is 5.47. The third-order valence-electron chi connectivity index (χ3n) is 5.74. The fraction of sp³-hybridized carbons (Fsp3) is 0.375. The molecule has 0 aliphatic heterocycles. The van der Waals surface area contributed by atoms with Crippen molar-refractivity contribution in [2.24, 2.45) is 12.8 Å². The zero-order chi connectivity index (χ0) is 22.8. The summed E-state index contributed by atoms with van der Waals surface area (Å²) in [7, 11) is -1.74. The molecule has 7 heteroatoms. The van der Waals surface area contributed by atoms with Crippen molar-refractivity contribution in [3.8, 4) is 16.9 Å². The van der Waals surface area contributed by atoms with E-state index in [0.717, 1.165) is 31.2 Å². The van der Waals surface area contributed by atoms with E-state index in [2.05, 4.69) is 6.58 Å². The van der Waals surface area contributed by atoms with Crippen molar-refractivity contribution in [2.75, 3.05) is 6.26 Å². The van der Waals surface area contributed by atoms with Crippen LogP contribution in [0.4, 0.5) is 0 Å². The number of allylic oxidation sites excluding steroid dienone is 2. The van der Waals surface area contributed by atoms with Gasteiger partial charge in [-0.1, -0.05) is 24.8 Å². The summed E-state index contributed by atoms with van der Waals surface area (Å²) in [5.41, 5.74) is 8.55. The van der Waals surface area contributed by atoms with Gasteiger partial charge in [0.05, 0.1) is 11.0 Å². The Bertz CT molecular complexity index is 1170. The van der Waals surface area contributed by atoms with Crippen molar-refractivity contribution < 1.29 is 13.2 Å². The Labute approximate surface area is 184 Å². The molecule has 0 spiro atoms. The van der Waals surface area contributed by atoms with Gasteiger partial charge in [0.15, 0.2) is 9.84 Å². The van der Waals surface area contributed by atoms with Gasteiger partial charge in [-0.2, -0.15) is 0 Å². The molecule has 1 fully saturated rings. The number of pyridine rings is 1. The zero-order valence-corrected chi connectivity index (χ0v) is 19.1. The maximum Gasteiger partial charge on any atom is 0.253 e. The van der Waals surface area contributed by atoms with Crippen molar-refractivity contribution in [3.63, 3.8) is 0 Å². The van der Waals surface area contributed by atoms with Gasteiger partial charge in [-0.15, -0.1) is 0 Å². The first kappa shape index (κ1) is 23.0. The largest absolute Gasteiger partial charge is 0.490 e. The number of aryl methyl sites for hydroxylation is 1. The molecule has 0 amide bonds. The Morgan fingerprint density at radius 2 is 1.87 bits per heavy atom. The van der Waals surface area contributed by atoms with E-state index in [9.17, 15) is 13.2 Å². The molecule has 1 aromatic carbocycles. The quantitative estimate of drug-likeness (QED) is 0.690. The molecule has 6 nitrogen and oxygen atoms in total. The molecule has 3 rings (SSSR count). The monoisotopic (exact) mass is 442 g/mol. The van der Waals surface area contributed by atoms with Gasteiger partial charge in [-0.3, -0.25) is 4.79 Å². The van der Waals surface area contributed by atoms with E-state index in [0.29, 0.717) is 22.4 Å². The van der Waals surface area contributed by atoms with Crippen molar-refractivity contribution >= 4 is 15.9 Å². The lowest BCUT2D eigenvalue weighted by atomic mass is 9.93. The third kappa shape index (κ3) is 5.17. The van der Waals surface area contributed by atoms with Gasteiger partial charge in [0.1, 0.15) is 5.75 Å². The van der Waals surface area contributed by atoms with Gasteiger partial charge >= 0.3 is 0 Å². The molecule has 1 aromatic heterocycles. The van der Waals surface area contributed by atoms with Gasteiger partial charge < -0.3 is 15.0 Å². The van der Waals surface area contributed by atoms with Crippen molar-refractivity contribution in [3.05, 3.63) is 64.6 Å². The highest BCUT2D eigenvalue weighted by Gasteiger charge is 2.23. The van der Waals surface area contributed by atoms with Gasteiger partial charge in [0.2, 0.25) is 0 Å². The molecule has 1 saturated carbocycles. The lowest BCUT2D eigenvalue weighted by Crippen LogP contribution is -2.31. The SMILES string of the molecule is C=C/C=C\c1c(-c2cc(S(C)(=O)=O)ccc2O[C@H]2CC[C@@H](N)CC2)cn(C)c(=O)c1C. The lowest BCUT2D eigenvalue weighted by Gasteiger charge is -2.28. The smallest absolute Gasteiger partial charge is 0.253 e. The molecule has 166 valence electrons. The summed E-state index contributed by atoms with van der Waals surface area (Å²) in [6, 6.07) is 5.11. The number of aromatic nitrogens is 1. The molecule has 1 aliphatic rings. The molecule has 0 unspecified atom stereocenters. The van der Waals surface area contributed by atoms with E-state index < -0.39 is 9.84 Å². The van der Waals surface area contributed by atoms with Gasteiger partial charge in [0.25, 0.3) is 5.56 Å². The van der Waals surface area contributed by atoms with Crippen LogP contribution >= 0.6 is 0 Å². The zero-order valence-electron chi connectivity index (χ0n) is 18.3. The number of ether oxygens (including phenoxy) is 1. The van der Waals surface area contributed by atoms with Crippen LogP contribution in [0.3, 0.4) is 0 Å². The minimum absolute atomic E-state index is 0.0171. The fourth-order valence-corrected chi connectivity index (χ4v) is 4.58. The van der Waals surface area contributed by atoms with Gasteiger partial charge in [-0.05, 0) is 56.4 Å². The first-order valence-electron chi connectivity index (χ1n) is 10.4. The molecule has 1 heterocycles. The Morgan fingerprint density at radius 3 is 2.48 bits per heavy atom. The predicted molar refractivity (Wildman–Crippen MR) is 125 cm³/mol. The second kappa shape index (κ2) is 9.24. The predicted octanol–water partition coefficient (Wildman–Crippen LogP) is 3.61. The molecule has 0 saturated heterocycles. The van der Waals surface area contributed by atoms with Crippen LogP contribution < -0.4 is 16.0 Å². The van der Waals surface area contributed by atoms with Crippen LogP contribution in [0.15, 0.2) is 52.8 Å². The lowest BCUT2D eigenvalue weighted by molar-refractivity contribution is 0.148. The van der Waals surface area contributed by atoms with E-state index in [1.165, 1.54) is 10.8 Å². The van der Waals surface area contributed by atoms with Crippen LogP contribution in [-0.2, 0) is 16.9 Å². The fourth-order valence-electron chi connectivity index (χ4n) is 3.94. The summed E-state index contributed by atoms with van der Waals surface area (Å²) in [5, 5.41) is 0. The summed E-state index contributed by atoms with van der Waals surface area (Å²) >= 11 is 0. The standard InChI is InChI=1S/C24H30N2O4S/c1-5-6-7-20-16(2)24(27)26(3)15-22(20)21-14-19(31(4,28)29)12-13-23(21)30-18-10-8-17(25)9-11-18/h5-7,12-15,17-18H,1,8-11,25H2,2-4H3/b7-6-/t17-,18+. The van der Waals surface area contributed by atoms with E-state index >= 15 is 0 Å². The summed E-state index contributed by atoms with van der Waals surface area (Å²) in [6.07, 6.45) is 11.6. The van der Waals surface area contributed by atoms with Gasteiger partial charge in [0, 0.05) is 42.2 Å². The molecule has 2 aromatic rings. The number of sulfone groups is 1. The van der Waals surface area contributed by atoms with E-state index in [1.54, 1.807) is 50.5 Å². The second-order valence-electron chi connectivity index (χ2n) is 8.18. The van der Waals surface area contributed by atoms with Gasteiger partial charge in [-0.25, -0.2) is 8.42 Å². The van der Waals surface area contributed by atoms with Crippen LogP contribution in [0.2, 0.25) is 0 Å².